The van der Waals surface area contributed by atoms with E-state index in [0.717, 1.165) is 91.7 Å². The Hall–Kier alpha value is -6.33. The number of aliphatic imine (C=N–C) groups is 2. The summed E-state index contributed by atoms with van der Waals surface area (Å²) in [5.41, 5.74) is 8.77. The maximum absolute atomic E-state index is 16.6. The van der Waals surface area contributed by atoms with Crippen LogP contribution in [-0.2, 0) is 70.5 Å². The van der Waals surface area contributed by atoms with Crippen LogP contribution in [0.2, 0.25) is 0 Å². The average molecular weight is 1230 g/mol. The Bertz CT molecular complexity index is 3580. The zero-order valence-corrected chi connectivity index (χ0v) is 52.9. The van der Waals surface area contributed by atoms with Crippen molar-refractivity contribution in [3.8, 4) is 33.5 Å². The molecule has 4 bridgehead atoms. The van der Waals surface area contributed by atoms with Crippen molar-refractivity contribution in [3.05, 3.63) is 113 Å². The topological polar surface area (TPSA) is 171 Å². The number of fused-ring (bicyclic) bond motifs is 9. The van der Waals surface area contributed by atoms with Gasteiger partial charge in [-0.15, -0.1) is 11.6 Å². The number of alkyl carbamates (subject to hydrolysis) is 1. The molecule has 5 aromatic rings. The molecule has 15 nitrogen and oxygen atoms in total. The number of carbonyl (C=O) groups is 4. The normalized spacial score (nSPS) is 25.1. The summed E-state index contributed by atoms with van der Waals surface area (Å²) in [6.07, 6.45) is 11.1. The number of carbonyl (C=O) groups excluding carboxylic acids is 4. The van der Waals surface area contributed by atoms with Gasteiger partial charge in [0, 0.05) is 85.9 Å². The summed E-state index contributed by atoms with van der Waals surface area (Å²) < 4.78 is 49.5. The van der Waals surface area contributed by atoms with E-state index in [1.807, 2.05) is 113 Å². The SMILES string of the molecule is CC(C)(C)OC(=O)N1C(C2=Nc3cc[c-]cc3C2)[C@H]2CC[C@@H]1C2.COC(=O)N[C@H](C(=O)N1CC2(CC2)C[C@H]1c1ncc(-c2ccc3c(c2)C(F)(F)c2cc(-c4ccc5c(c4)CC(C4[C@H]6CC[C@H](C6)N4C(=O)OC(C)(C)C)=N5)ccc2-3)[nH]1)C(C)C.[Y]. The Kier molecular flexibility index (Phi) is 15.2. The molecule has 6 fully saturated rings. The van der Waals surface area contributed by atoms with Gasteiger partial charge >= 0.3 is 18.3 Å². The molecule has 1 aromatic heterocycles. The van der Waals surface area contributed by atoms with Crippen molar-refractivity contribution in [2.45, 2.75) is 179 Å². The number of ether oxygens (including phenoxy) is 3. The summed E-state index contributed by atoms with van der Waals surface area (Å²) in [4.78, 5) is 75.9. The molecule has 6 heterocycles. The van der Waals surface area contributed by atoms with Crippen molar-refractivity contribution in [3.63, 3.8) is 0 Å². The van der Waals surface area contributed by atoms with E-state index in [1.165, 1.54) is 19.1 Å². The van der Waals surface area contributed by atoms with Crippen molar-refractivity contribution in [2.75, 3.05) is 13.7 Å². The van der Waals surface area contributed by atoms with Crippen molar-refractivity contribution in [1.82, 2.24) is 30.0 Å². The van der Waals surface area contributed by atoms with Crippen molar-refractivity contribution in [2.24, 2.45) is 33.2 Å². The number of hydrogen-bond donors (Lipinski definition) is 2. The van der Waals surface area contributed by atoms with Gasteiger partial charge in [-0.25, -0.2) is 19.4 Å². The Morgan fingerprint density at radius 2 is 1.29 bits per heavy atom. The van der Waals surface area contributed by atoms with Gasteiger partial charge in [0.25, 0.3) is 5.92 Å². The summed E-state index contributed by atoms with van der Waals surface area (Å²) >= 11 is 0. The zero-order chi connectivity index (χ0) is 58.9. The number of piperidine rings is 2. The van der Waals surface area contributed by atoms with Crippen LogP contribution in [0.1, 0.15) is 147 Å². The molecule has 4 aliphatic carbocycles. The minimum atomic E-state index is -3.25. The van der Waals surface area contributed by atoms with Gasteiger partial charge in [0.15, 0.2) is 0 Å². The second-order valence-electron chi connectivity index (χ2n) is 27.4. The van der Waals surface area contributed by atoms with Crippen LogP contribution in [0, 0.1) is 29.2 Å². The van der Waals surface area contributed by atoms with Crippen molar-refractivity contribution >= 4 is 47.0 Å². The standard InChI is InChI=1S/C48H52F2N6O5.C19H23N2O2.Y/c1-25(2)40(54-44(58)60-6)43(57)55-24-47(15-16-47)22-39(55)42-51-23-38(53-42)28-9-13-33-32-12-8-27(19-34(32)48(49,50)35(33)20-28)26-10-14-36-30(17-26)21-37(52-36)41-29-7-11-31(18-29)56(41)45(59)61-46(3,4)5;1-19(2,3)23-18(22)21-14-9-8-13(10-14)17(21)16-11-12-6-4-5-7-15(12)20-16;/h8-10,12-14,17,19-20,23,25,29,31,39-41H,7,11,15-16,18,21-22,24H2,1-6H3,(H,51,53)(H,54,58);5-7,13-14,17H,8-11H2,1-3H3;/q;-1;/t29-,31+,39-,40-,41?;13-,14+,17?;/m00./s1. The Balaban J connectivity index is 0.000000246. The van der Waals surface area contributed by atoms with Gasteiger partial charge < -0.3 is 29.4 Å². The molecule has 1 radical (unpaired) electrons. The minimum Gasteiger partial charge on any atom is -0.453 e. The number of aromatic amines is 1. The van der Waals surface area contributed by atoms with Gasteiger partial charge in [-0.3, -0.25) is 24.6 Å². The van der Waals surface area contributed by atoms with Gasteiger partial charge in [0.2, 0.25) is 5.91 Å². The third-order valence-electron chi connectivity index (χ3n) is 19.0. The number of methoxy groups -OCH3 is 1. The summed E-state index contributed by atoms with van der Waals surface area (Å²) in [7, 11) is 1.27. The third kappa shape index (κ3) is 10.9. The summed E-state index contributed by atoms with van der Waals surface area (Å²) in [6.45, 7) is 15.8. The number of imidazole rings is 1. The second-order valence-corrected chi connectivity index (χ2v) is 27.4. The third-order valence-corrected chi connectivity index (χ3v) is 19.0. The molecular weight excluding hydrogens is 1160 g/mol. The molecule has 18 heteroatoms. The van der Waals surface area contributed by atoms with Crippen molar-refractivity contribution in [1.29, 1.82) is 0 Å². The smallest absolute Gasteiger partial charge is 0.411 e. The van der Waals surface area contributed by atoms with Gasteiger partial charge in [-0.05, 0) is 187 Å². The van der Waals surface area contributed by atoms with Gasteiger partial charge in [-0.2, -0.15) is 27.0 Å². The largest absolute Gasteiger partial charge is 0.453 e. The molecule has 4 amide bonds. The molecule has 3 saturated heterocycles. The number of amides is 4. The van der Waals surface area contributed by atoms with E-state index in [0.29, 0.717) is 64.6 Å². The predicted octanol–water partition coefficient (Wildman–Crippen LogP) is 13.6. The fourth-order valence-corrected chi connectivity index (χ4v) is 15.0. The predicted molar refractivity (Wildman–Crippen MR) is 316 cm³/mol. The maximum atomic E-state index is 16.6. The average Bonchev–Trinajstić information content (AvgIpc) is 1.72. The van der Waals surface area contributed by atoms with Crippen LogP contribution in [0.15, 0.2) is 89.0 Å². The monoisotopic (exact) mass is 1230 g/mol. The molecule has 14 rings (SSSR count). The number of rotatable bonds is 8. The Morgan fingerprint density at radius 3 is 1.86 bits per heavy atom. The van der Waals surface area contributed by atoms with E-state index in [4.69, 9.17) is 29.2 Å². The van der Waals surface area contributed by atoms with E-state index >= 15 is 8.78 Å². The van der Waals surface area contributed by atoms with Crippen LogP contribution in [0.5, 0.6) is 0 Å². The Morgan fingerprint density at radius 1 is 0.741 bits per heavy atom. The minimum absolute atomic E-state index is 0. The first-order valence-electron chi connectivity index (χ1n) is 30.1. The van der Waals surface area contributed by atoms with E-state index in [9.17, 15) is 19.2 Å². The number of H-pyrrole nitrogens is 1. The molecule has 2 N–H and O–H groups in total. The molecule has 5 aliphatic heterocycles. The van der Waals surface area contributed by atoms with Crippen LogP contribution >= 0.6 is 0 Å². The molecule has 85 heavy (non-hydrogen) atoms. The molecular formula is C67H75F2N8O7Y-. The number of hydrogen-bond acceptors (Lipinski definition) is 10. The fraction of sp³-hybridized carbons (Fsp3) is 0.507. The van der Waals surface area contributed by atoms with E-state index in [1.54, 1.807) is 30.5 Å². The summed E-state index contributed by atoms with van der Waals surface area (Å²) in [5, 5.41) is 2.71. The van der Waals surface area contributed by atoms with Gasteiger partial charge in [0.1, 0.15) is 23.1 Å². The van der Waals surface area contributed by atoms with Gasteiger partial charge in [0.05, 0.1) is 42.8 Å². The molecule has 3 saturated carbocycles. The zero-order valence-electron chi connectivity index (χ0n) is 50.1. The molecule has 2 unspecified atom stereocenters. The molecule has 443 valence electrons. The summed E-state index contributed by atoms with van der Waals surface area (Å²) in [5.74, 6) is -2.13. The number of benzene rings is 4. The second kappa shape index (κ2) is 21.8. The first-order valence-corrected chi connectivity index (χ1v) is 30.1. The Labute approximate surface area is 521 Å². The van der Waals surface area contributed by atoms with Gasteiger partial charge in [-0.1, -0.05) is 44.2 Å². The van der Waals surface area contributed by atoms with Crippen LogP contribution in [0.3, 0.4) is 0 Å². The van der Waals surface area contributed by atoms with Crippen LogP contribution in [0.25, 0.3) is 33.5 Å². The van der Waals surface area contributed by atoms with Crippen LogP contribution < -0.4 is 5.32 Å². The maximum Gasteiger partial charge on any atom is 0.411 e. The quantitative estimate of drug-likeness (QED) is 0.114. The first kappa shape index (κ1) is 59.0. The summed E-state index contributed by atoms with van der Waals surface area (Å²) in [6, 6.07) is 24.8. The number of halogens is 2. The number of likely N-dealkylation sites (tertiary alicyclic amines) is 3. The van der Waals surface area contributed by atoms with Crippen molar-refractivity contribution < 1.29 is 74.9 Å². The number of nitrogens with one attached hydrogen (secondary N) is 2. The number of alkyl halides is 2. The molecule has 1 spiro atoms. The van der Waals surface area contributed by atoms with Crippen LogP contribution in [-0.4, -0.2) is 115 Å². The number of nitrogens with zero attached hydrogens (tertiary/aromatic N) is 6. The van der Waals surface area contributed by atoms with E-state index < -0.39 is 29.3 Å². The van der Waals surface area contributed by atoms with E-state index in [2.05, 4.69) is 22.4 Å². The molecule has 4 aromatic carbocycles. The first-order chi connectivity index (χ1) is 39.9. The fourth-order valence-electron chi connectivity index (χ4n) is 15.0. The molecule has 9 aliphatic rings. The molecule has 8 atom stereocenters. The van der Waals surface area contributed by atoms with E-state index in [-0.39, 0.29) is 97.4 Å². The number of aromatic nitrogens is 2. The van der Waals surface area contributed by atoms with Crippen LogP contribution in [0.4, 0.5) is 34.5 Å².